The SMILES string of the molecule is CC(=O)Cc1cn2nc(-c3c(-c4ccc(F)cc4)ncn3C3CN(C(=O)OC(C)(C)C)C3)ccc2n1. The molecule has 10 heteroatoms. The van der Waals surface area contributed by atoms with Gasteiger partial charge in [-0.3, -0.25) is 4.79 Å². The van der Waals surface area contributed by atoms with Crippen LogP contribution >= 0.6 is 0 Å². The molecule has 0 atom stereocenters. The number of imidazole rings is 2. The summed E-state index contributed by atoms with van der Waals surface area (Å²) in [6.07, 6.45) is 3.35. The van der Waals surface area contributed by atoms with Crippen molar-refractivity contribution in [3.05, 3.63) is 60.4 Å². The summed E-state index contributed by atoms with van der Waals surface area (Å²) in [4.78, 5) is 34.8. The van der Waals surface area contributed by atoms with Gasteiger partial charge >= 0.3 is 6.09 Å². The Morgan fingerprint density at radius 2 is 1.83 bits per heavy atom. The van der Waals surface area contributed by atoms with Gasteiger partial charge in [0.05, 0.1) is 42.1 Å². The molecule has 0 saturated carbocycles. The summed E-state index contributed by atoms with van der Waals surface area (Å²) in [5.41, 5.74) is 3.50. The zero-order valence-corrected chi connectivity index (χ0v) is 20.6. The first-order valence-corrected chi connectivity index (χ1v) is 11.7. The maximum absolute atomic E-state index is 13.6. The molecule has 0 N–H and O–H groups in total. The number of benzene rings is 1. The number of nitrogens with zero attached hydrogens (tertiary/aromatic N) is 6. The average Bonchev–Trinajstić information content (AvgIpc) is 3.34. The van der Waals surface area contributed by atoms with E-state index < -0.39 is 5.60 Å². The number of Topliss-reactive ketones (excluding diaryl/α,β-unsaturated/α-hetero) is 1. The smallest absolute Gasteiger partial charge is 0.410 e. The topological polar surface area (TPSA) is 94.6 Å². The second-order valence-electron chi connectivity index (χ2n) is 10.0. The molecule has 1 aliphatic rings. The molecule has 1 amide bonds. The number of ketones is 1. The second-order valence-corrected chi connectivity index (χ2v) is 10.0. The highest BCUT2D eigenvalue weighted by Gasteiger charge is 2.36. The predicted molar refractivity (Wildman–Crippen MR) is 131 cm³/mol. The molecule has 0 bridgehead atoms. The van der Waals surface area contributed by atoms with Gasteiger partial charge in [0, 0.05) is 18.7 Å². The van der Waals surface area contributed by atoms with E-state index in [9.17, 15) is 14.0 Å². The first kappa shape index (κ1) is 23.7. The molecule has 0 aliphatic carbocycles. The van der Waals surface area contributed by atoms with Gasteiger partial charge in [-0.15, -0.1) is 0 Å². The van der Waals surface area contributed by atoms with E-state index in [1.54, 1.807) is 34.1 Å². The Balaban J connectivity index is 1.51. The lowest BCUT2D eigenvalue weighted by Crippen LogP contribution is -2.52. The molecule has 9 nitrogen and oxygen atoms in total. The largest absolute Gasteiger partial charge is 0.444 e. The Morgan fingerprint density at radius 3 is 2.50 bits per heavy atom. The van der Waals surface area contributed by atoms with Gasteiger partial charge in [0.15, 0.2) is 5.65 Å². The minimum atomic E-state index is -0.566. The molecule has 36 heavy (non-hydrogen) atoms. The third kappa shape index (κ3) is 4.71. The molecular formula is C26H27FN6O3. The molecule has 4 aromatic rings. The molecule has 0 unspecified atom stereocenters. The fourth-order valence-electron chi connectivity index (χ4n) is 4.21. The van der Waals surface area contributed by atoms with Gasteiger partial charge in [-0.2, -0.15) is 5.10 Å². The number of ether oxygens (including phenoxy) is 1. The Bertz CT molecular complexity index is 1440. The van der Waals surface area contributed by atoms with Gasteiger partial charge < -0.3 is 14.2 Å². The third-order valence-corrected chi connectivity index (χ3v) is 5.86. The van der Waals surface area contributed by atoms with Gasteiger partial charge in [0.1, 0.15) is 22.9 Å². The van der Waals surface area contributed by atoms with Crippen molar-refractivity contribution in [3.63, 3.8) is 0 Å². The molecule has 5 rings (SSSR count). The van der Waals surface area contributed by atoms with Crippen molar-refractivity contribution in [2.24, 2.45) is 0 Å². The minimum Gasteiger partial charge on any atom is -0.444 e. The van der Waals surface area contributed by atoms with Crippen LogP contribution in [0.15, 0.2) is 48.9 Å². The van der Waals surface area contributed by atoms with Crippen LogP contribution in [0.4, 0.5) is 9.18 Å². The summed E-state index contributed by atoms with van der Waals surface area (Å²) in [5, 5.41) is 4.76. The molecule has 1 fully saturated rings. The van der Waals surface area contributed by atoms with Crippen molar-refractivity contribution in [3.8, 4) is 22.6 Å². The first-order chi connectivity index (χ1) is 17.1. The van der Waals surface area contributed by atoms with Crippen LogP contribution in [-0.4, -0.2) is 59.6 Å². The highest BCUT2D eigenvalue weighted by molar-refractivity contribution is 5.79. The Kier molecular flexibility index (Phi) is 5.82. The molecule has 186 valence electrons. The number of fused-ring (bicyclic) bond motifs is 1. The fraction of sp³-hybridized carbons (Fsp3) is 0.346. The van der Waals surface area contributed by atoms with E-state index in [1.807, 2.05) is 37.5 Å². The van der Waals surface area contributed by atoms with E-state index in [1.165, 1.54) is 19.1 Å². The first-order valence-electron chi connectivity index (χ1n) is 11.7. The van der Waals surface area contributed by atoms with Crippen molar-refractivity contribution in [2.75, 3.05) is 13.1 Å². The lowest BCUT2D eigenvalue weighted by atomic mass is 10.1. The normalized spacial score (nSPS) is 14.2. The zero-order chi connectivity index (χ0) is 25.6. The molecule has 0 spiro atoms. The van der Waals surface area contributed by atoms with Crippen molar-refractivity contribution >= 4 is 17.5 Å². The van der Waals surface area contributed by atoms with Gasteiger partial charge in [0.2, 0.25) is 0 Å². The zero-order valence-electron chi connectivity index (χ0n) is 20.6. The van der Waals surface area contributed by atoms with Gasteiger partial charge in [-0.25, -0.2) is 23.7 Å². The lowest BCUT2D eigenvalue weighted by Gasteiger charge is -2.40. The summed E-state index contributed by atoms with van der Waals surface area (Å²) in [6, 6.07) is 9.82. The highest BCUT2D eigenvalue weighted by atomic mass is 19.1. The van der Waals surface area contributed by atoms with Crippen LogP contribution < -0.4 is 0 Å². The van der Waals surface area contributed by atoms with Crippen molar-refractivity contribution in [1.29, 1.82) is 0 Å². The Morgan fingerprint density at radius 1 is 1.11 bits per heavy atom. The number of likely N-dealkylation sites (tertiary alicyclic amines) is 1. The molecular weight excluding hydrogens is 463 g/mol. The number of carbonyl (C=O) groups is 2. The van der Waals surface area contributed by atoms with E-state index in [4.69, 9.17) is 9.84 Å². The standard InChI is InChI=1S/C26H27FN6O3/c1-16(34)11-19-12-33-22(29-19)10-9-21(30-33)24-23(17-5-7-18(27)8-6-17)28-15-32(24)20-13-31(14-20)25(35)36-26(2,3)4/h5-10,12,15,20H,11,13-14H2,1-4H3. The van der Waals surface area contributed by atoms with Crippen LogP contribution in [0, 0.1) is 5.82 Å². The van der Waals surface area contributed by atoms with Gasteiger partial charge in [-0.1, -0.05) is 0 Å². The highest BCUT2D eigenvalue weighted by Crippen LogP contribution is 2.35. The lowest BCUT2D eigenvalue weighted by molar-refractivity contribution is -0.116. The molecule has 0 radical (unpaired) electrons. The molecule has 1 saturated heterocycles. The second kappa shape index (κ2) is 8.85. The summed E-state index contributed by atoms with van der Waals surface area (Å²) in [6.45, 7) is 7.98. The third-order valence-electron chi connectivity index (χ3n) is 5.86. The average molecular weight is 491 g/mol. The maximum Gasteiger partial charge on any atom is 0.410 e. The van der Waals surface area contributed by atoms with Crippen molar-refractivity contribution in [1.82, 2.24) is 29.0 Å². The molecule has 4 heterocycles. The summed E-state index contributed by atoms with van der Waals surface area (Å²) in [5.74, 6) is -0.308. The molecule has 3 aromatic heterocycles. The van der Waals surface area contributed by atoms with Crippen LogP contribution in [0.2, 0.25) is 0 Å². The van der Waals surface area contributed by atoms with Crippen LogP contribution in [0.1, 0.15) is 39.4 Å². The summed E-state index contributed by atoms with van der Waals surface area (Å²) < 4.78 is 22.7. The Hall–Kier alpha value is -4.08. The number of aromatic nitrogens is 5. The summed E-state index contributed by atoms with van der Waals surface area (Å²) in [7, 11) is 0. The minimum absolute atomic E-state index is 0.0230. The number of halogens is 1. The van der Waals surface area contributed by atoms with Crippen LogP contribution in [-0.2, 0) is 16.0 Å². The van der Waals surface area contributed by atoms with Crippen molar-refractivity contribution in [2.45, 2.75) is 45.8 Å². The number of carbonyl (C=O) groups excluding carboxylic acids is 2. The van der Waals surface area contributed by atoms with Crippen LogP contribution in [0.25, 0.3) is 28.3 Å². The van der Waals surface area contributed by atoms with Crippen LogP contribution in [0.5, 0.6) is 0 Å². The van der Waals surface area contributed by atoms with E-state index in [0.717, 1.165) is 11.3 Å². The maximum atomic E-state index is 13.6. The van der Waals surface area contributed by atoms with E-state index in [2.05, 4.69) is 9.97 Å². The fourth-order valence-corrected chi connectivity index (χ4v) is 4.21. The Labute approximate surface area is 207 Å². The van der Waals surface area contributed by atoms with E-state index in [-0.39, 0.29) is 30.2 Å². The molecule has 1 aliphatic heterocycles. The number of amides is 1. The number of hydrogen-bond acceptors (Lipinski definition) is 6. The van der Waals surface area contributed by atoms with Crippen molar-refractivity contribution < 1.29 is 18.7 Å². The van der Waals surface area contributed by atoms with E-state index >= 15 is 0 Å². The molecule has 1 aromatic carbocycles. The summed E-state index contributed by atoms with van der Waals surface area (Å²) >= 11 is 0. The number of rotatable bonds is 5. The monoisotopic (exact) mass is 490 g/mol. The van der Waals surface area contributed by atoms with Gasteiger partial charge in [-0.05, 0) is 64.1 Å². The quantitative estimate of drug-likeness (QED) is 0.414. The van der Waals surface area contributed by atoms with Crippen LogP contribution in [0.3, 0.4) is 0 Å². The van der Waals surface area contributed by atoms with E-state index in [0.29, 0.717) is 35.8 Å². The number of hydrogen-bond donors (Lipinski definition) is 0. The van der Waals surface area contributed by atoms with Gasteiger partial charge in [0.25, 0.3) is 0 Å². The predicted octanol–water partition coefficient (Wildman–Crippen LogP) is 4.32.